The molecular formula is C6H7BrN2O. The summed E-state index contributed by atoms with van der Waals surface area (Å²) < 4.78 is 2.36. The van der Waals surface area contributed by atoms with Gasteiger partial charge in [0.15, 0.2) is 0 Å². The van der Waals surface area contributed by atoms with E-state index < -0.39 is 0 Å². The standard InChI is InChI=1S/C6H7BrN2O/c1-9-3-2-4(10)5(8)6(9)7/h2-3H,8H2,1H3. The van der Waals surface area contributed by atoms with Crippen molar-refractivity contribution >= 4 is 21.6 Å². The van der Waals surface area contributed by atoms with Crippen molar-refractivity contribution in [3.8, 4) is 0 Å². The fourth-order valence-corrected chi connectivity index (χ4v) is 0.940. The molecule has 0 aliphatic carbocycles. The number of pyridine rings is 1. The Balaban J connectivity index is 3.49. The van der Waals surface area contributed by atoms with Crippen molar-refractivity contribution in [2.24, 2.45) is 7.05 Å². The summed E-state index contributed by atoms with van der Waals surface area (Å²) in [7, 11) is 1.81. The van der Waals surface area contributed by atoms with Crippen LogP contribution in [-0.2, 0) is 7.05 Å². The second-order valence-electron chi connectivity index (χ2n) is 2.00. The minimum absolute atomic E-state index is 0.148. The molecule has 0 saturated heterocycles. The fraction of sp³-hybridized carbons (Fsp3) is 0.167. The van der Waals surface area contributed by atoms with Gasteiger partial charge < -0.3 is 10.3 Å². The lowest BCUT2D eigenvalue weighted by atomic mass is 10.4. The molecule has 0 atom stereocenters. The Bertz CT molecular complexity index is 305. The molecule has 0 aliphatic heterocycles. The van der Waals surface area contributed by atoms with Crippen molar-refractivity contribution in [2.75, 3.05) is 5.73 Å². The van der Waals surface area contributed by atoms with Gasteiger partial charge in [-0.1, -0.05) is 0 Å². The zero-order chi connectivity index (χ0) is 7.72. The molecule has 0 bridgehead atoms. The Kier molecular flexibility index (Phi) is 1.80. The molecular weight excluding hydrogens is 196 g/mol. The topological polar surface area (TPSA) is 48.0 Å². The van der Waals surface area contributed by atoms with Crippen molar-refractivity contribution in [2.45, 2.75) is 0 Å². The number of aromatic nitrogens is 1. The maximum atomic E-state index is 10.8. The highest BCUT2D eigenvalue weighted by atomic mass is 79.9. The molecule has 0 aliphatic rings. The van der Waals surface area contributed by atoms with Crippen LogP contribution < -0.4 is 11.2 Å². The molecule has 10 heavy (non-hydrogen) atoms. The van der Waals surface area contributed by atoms with Gasteiger partial charge in [-0.3, -0.25) is 4.79 Å². The number of anilines is 1. The normalized spacial score (nSPS) is 9.80. The van der Waals surface area contributed by atoms with Crippen LogP contribution in [0.4, 0.5) is 5.69 Å². The molecule has 4 heteroatoms. The molecule has 0 radical (unpaired) electrons. The van der Waals surface area contributed by atoms with Crippen molar-refractivity contribution in [1.82, 2.24) is 4.57 Å². The lowest BCUT2D eigenvalue weighted by molar-refractivity contribution is 0.876. The van der Waals surface area contributed by atoms with Gasteiger partial charge in [0.2, 0.25) is 5.43 Å². The first-order valence-corrected chi connectivity index (χ1v) is 3.53. The van der Waals surface area contributed by atoms with Crippen LogP contribution >= 0.6 is 15.9 Å². The summed E-state index contributed by atoms with van der Waals surface area (Å²) >= 11 is 3.17. The van der Waals surface area contributed by atoms with E-state index in [0.717, 1.165) is 0 Å². The summed E-state index contributed by atoms with van der Waals surface area (Å²) in [6, 6.07) is 1.43. The Labute approximate surface area is 66.6 Å². The Hall–Kier alpha value is -0.770. The Morgan fingerprint density at radius 2 is 2.30 bits per heavy atom. The summed E-state index contributed by atoms with van der Waals surface area (Å²) in [6.45, 7) is 0. The molecule has 54 valence electrons. The fourth-order valence-electron chi connectivity index (χ4n) is 0.626. The van der Waals surface area contributed by atoms with Gasteiger partial charge in [-0.25, -0.2) is 0 Å². The SMILES string of the molecule is Cn1ccc(=O)c(N)c1Br. The number of nitrogens with zero attached hydrogens (tertiary/aromatic N) is 1. The van der Waals surface area contributed by atoms with Gasteiger partial charge in [0.1, 0.15) is 10.3 Å². The molecule has 1 heterocycles. The van der Waals surface area contributed by atoms with Crippen molar-refractivity contribution < 1.29 is 0 Å². The molecule has 0 unspecified atom stereocenters. The summed E-state index contributed by atoms with van der Waals surface area (Å²) in [4.78, 5) is 10.8. The smallest absolute Gasteiger partial charge is 0.205 e. The molecule has 3 nitrogen and oxygen atoms in total. The third kappa shape index (κ3) is 1.07. The molecule has 0 spiro atoms. The van der Waals surface area contributed by atoms with Crippen molar-refractivity contribution in [1.29, 1.82) is 0 Å². The monoisotopic (exact) mass is 202 g/mol. The van der Waals surface area contributed by atoms with Gasteiger partial charge in [-0.15, -0.1) is 0 Å². The zero-order valence-electron chi connectivity index (χ0n) is 5.47. The quantitative estimate of drug-likeness (QED) is 0.632. The third-order valence-electron chi connectivity index (χ3n) is 1.25. The van der Waals surface area contributed by atoms with E-state index in [1.165, 1.54) is 6.07 Å². The number of hydrogen-bond donors (Lipinski definition) is 1. The number of aryl methyl sites for hydroxylation is 1. The first-order valence-electron chi connectivity index (χ1n) is 2.73. The lowest BCUT2D eigenvalue weighted by Gasteiger charge is -2.02. The zero-order valence-corrected chi connectivity index (χ0v) is 7.05. The number of hydrogen-bond acceptors (Lipinski definition) is 2. The van der Waals surface area contributed by atoms with E-state index >= 15 is 0 Å². The highest BCUT2D eigenvalue weighted by molar-refractivity contribution is 9.10. The molecule has 1 aromatic rings. The molecule has 0 fully saturated rings. The van der Waals surface area contributed by atoms with E-state index in [9.17, 15) is 4.79 Å². The number of nitrogens with two attached hydrogens (primary N) is 1. The van der Waals surface area contributed by atoms with Crippen LogP contribution in [0, 0.1) is 0 Å². The predicted molar refractivity (Wildman–Crippen MR) is 43.8 cm³/mol. The Morgan fingerprint density at radius 3 is 2.80 bits per heavy atom. The van der Waals surface area contributed by atoms with Crippen LogP contribution in [0.15, 0.2) is 21.7 Å². The van der Waals surface area contributed by atoms with Crippen molar-refractivity contribution in [3.05, 3.63) is 27.1 Å². The first kappa shape index (κ1) is 7.34. The van der Waals surface area contributed by atoms with Gasteiger partial charge >= 0.3 is 0 Å². The number of nitrogen functional groups attached to an aromatic ring is 1. The van der Waals surface area contributed by atoms with Gasteiger partial charge in [0.25, 0.3) is 0 Å². The summed E-state index contributed by atoms with van der Waals surface area (Å²) in [5, 5.41) is 0. The van der Waals surface area contributed by atoms with E-state index in [-0.39, 0.29) is 11.1 Å². The average Bonchev–Trinajstić information content (AvgIpc) is 1.93. The van der Waals surface area contributed by atoms with Gasteiger partial charge in [-0.05, 0) is 15.9 Å². The summed E-state index contributed by atoms with van der Waals surface area (Å²) in [6.07, 6.45) is 1.66. The van der Waals surface area contributed by atoms with Crippen LogP contribution in [0.25, 0.3) is 0 Å². The average molecular weight is 203 g/mol. The van der Waals surface area contributed by atoms with E-state index in [1.807, 2.05) is 0 Å². The Morgan fingerprint density at radius 1 is 1.70 bits per heavy atom. The minimum Gasteiger partial charge on any atom is -0.393 e. The maximum Gasteiger partial charge on any atom is 0.205 e. The summed E-state index contributed by atoms with van der Waals surface area (Å²) in [5.41, 5.74) is 5.51. The van der Waals surface area contributed by atoms with Crippen molar-refractivity contribution in [3.63, 3.8) is 0 Å². The van der Waals surface area contributed by atoms with Crippen LogP contribution in [0.5, 0.6) is 0 Å². The van der Waals surface area contributed by atoms with E-state index in [1.54, 1.807) is 17.8 Å². The maximum absolute atomic E-state index is 10.8. The largest absolute Gasteiger partial charge is 0.393 e. The molecule has 0 amide bonds. The molecule has 2 N–H and O–H groups in total. The molecule has 0 saturated carbocycles. The second-order valence-corrected chi connectivity index (χ2v) is 2.75. The van der Waals surface area contributed by atoms with Crippen LogP contribution in [-0.4, -0.2) is 4.57 Å². The predicted octanol–water partition coefficient (Wildman–Crippen LogP) is 0.730. The highest BCUT2D eigenvalue weighted by Crippen LogP contribution is 2.12. The van der Waals surface area contributed by atoms with Gasteiger partial charge in [0.05, 0.1) is 0 Å². The highest BCUT2D eigenvalue weighted by Gasteiger charge is 1.99. The molecule has 0 aromatic carbocycles. The number of halogens is 1. The van der Waals surface area contributed by atoms with E-state index in [2.05, 4.69) is 15.9 Å². The third-order valence-corrected chi connectivity index (χ3v) is 2.23. The molecule has 1 rings (SSSR count). The first-order chi connectivity index (χ1) is 4.63. The molecule has 1 aromatic heterocycles. The van der Waals surface area contributed by atoms with E-state index in [0.29, 0.717) is 4.60 Å². The lowest BCUT2D eigenvalue weighted by Crippen LogP contribution is -2.11. The summed E-state index contributed by atoms with van der Waals surface area (Å²) in [5.74, 6) is 0. The van der Waals surface area contributed by atoms with Crippen LogP contribution in [0.1, 0.15) is 0 Å². The minimum atomic E-state index is -0.148. The van der Waals surface area contributed by atoms with Gasteiger partial charge in [-0.2, -0.15) is 0 Å². The second kappa shape index (κ2) is 2.46. The van der Waals surface area contributed by atoms with Gasteiger partial charge in [0, 0.05) is 19.3 Å². The van der Waals surface area contributed by atoms with Crippen LogP contribution in [0.3, 0.4) is 0 Å². The van der Waals surface area contributed by atoms with E-state index in [4.69, 9.17) is 5.73 Å². The number of rotatable bonds is 0. The van der Waals surface area contributed by atoms with Crippen LogP contribution in [0.2, 0.25) is 0 Å².